The number of nitrogens with one attached hydrogen (secondary N) is 1. The molecule has 0 saturated heterocycles. The number of carbonyl (C=O) groups excluding carboxylic acids is 2. The summed E-state index contributed by atoms with van der Waals surface area (Å²) in [5.74, 6) is -1.08. The zero-order valence-corrected chi connectivity index (χ0v) is 7.98. The van der Waals surface area contributed by atoms with E-state index in [4.69, 9.17) is 17.3 Å². The van der Waals surface area contributed by atoms with Gasteiger partial charge in [0.05, 0.1) is 6.20 Å². The molecule has 0 aliphatic heterocycles. The summed E-state index contributed by atoms with van der Waals surface area (Å²) < 4.78 is 0. The van der Waals surface area contributed by atoms with E-state index in [1.807, 2.05) is 0 Å². The molecule has 5 nitrogen and oxygen atoms in total. The Bertz CT molecular complexity index is 338. The molecule has 3 N–H and O–H groups in total. The molecular formula is C6H6ClN3O2S. The van der Waals surface area contributed by atoms with Crippen LogP contribution < -0.4 is 11.1 Å². The first kappa shape index (κ1) is 9.94. The Balaban J connectivity index is 2.69. The molecule has 7 heteroatoms. The van der Waals surface area contributed by atoms with Gasteiger partial charge >= 0.3 is 0 Å². The number of nitrogens with two attached hydrogens (primary N) is 1. The van der Waals surface area contributed by atoms with Crippen molar-refractivity contribution in [1.82, 2.24) is 4.98 Å². The molecule has 1 rings (SSSR count). The van der Waals surface area contributed by atoms with E-state index in [1.54, 1.807) is 0 Å². The summed E-state index contributed by atoms with van der Waals surface area (Å²) in [5.41, 5.74) is 4.98. The molecule has 0 aliphatic rings. The normalized spacial score (nSPS) is 9.62. The van der Waals surface area contributed by atoms with Crippen molar-refractivity contribution in [2.24, 2.45) is 5.73 Å². The minimum atomic E-state index is -0.566. The number of carbonyl (C=O) groups is 2. The fourth-order valence-corrected chi connectivity index (χ4v) is 1.35. The van der Waals surface area contributed by atoms with Crippen LogP contribution in [0.1, 0.15) is 9.67 Å². The van der Waals surface area contributed by atoms with Crippen molar-refractivity contribution >= 4 is 39.9 Å². The average molecular weight is 220 g/mol. The molecule has 0 atom stereocenters. The second-order valence-electron chi connectivity index (χ2n) is 2.08. The highest BCUT2D eigenvalue weighted by Gasteiger charge is 2.08. The van der Waals surface area contributed by atoms with Gasteiger partial charge in [-0.05, 0) is 0 Å². The van der Waals surface area contributed by atoms with E-state index in [-0.39, 0.29) is 11.8 Å². The van der Waals surface area contributed by atoms with Gasteiger partial charge in [-0.15, -0.1) is 11.6 Å². The van der Waals surface area contributed by atoms with E-state index in [1.165, 1.54) is 6.20 Å². The van der Waals surface area contributed by atoms with Gasteiger partial charge < -0.3 is 11.1 Å². The molecule has 0 fully saturated rings. The van der Waals surface area contributed by atoms with E-state index in [2.05, 4.69) is 10.3 Å². The Morgan fingerprint density at radius 2 is 2.38 bits per heavy atom. The van der Waals surface area contributed by atoms with Crippen molar-refractivity contribution in [3.05, 3.63) is 11.1 Å². The average Bonchev–Trinajstić information content (AvgIpc) is 2.52. The van der Waals surface area contributed by atoms with Crippen LogP contribution in [0.15, 0.2) is 6.20 Å². The fraction of sp³-hybridized carbons (Fsp3) is 0.167. The smallest absolute Gasteiger partial charge is 0.260 e. The number of nitrogens with zero attached hydrogens (tertiary/aromatic N) is 1. The van der Waals surface area contributed by atoms with Gasteiger partial charge in [-0.1, -0.05) is 11.3 Å². The van der Waals surface area contributed by atoms with Gasteiger partial charge in [-0.2, -0.15) is 0 Å². The SMILES string of the molecule is NC(=O)c1cnc(NC(=O)CCl)s1. The van der Waals surface area contributed by atoms with Crippen molar-refractivity contribution in [2.45, 2.75) is 0 Å². The number of hydrogen-bond acceptors (Lipinski definition) is 4. The number of rotatable bonds is 3. The highest BCUT2D eigenvalue weighted by molar-refractivity contribution is 7.17. The van der Waals surface area contributed by atoms with E-state index in [0.29, 0.717) is 10.0 Å². The van der Waals surface area contributed by atoms with Gasteiger partial charge in [-0.3, -0.25) is 9.59 Å². The summed E-state index contributed by atoms with van der Waals surface area (Å²) in [6.45, 7) is 0. The number of primary amides is 1. The van der Waals surface area contributed by atoms with Crippen LogP contribution in [-0.2, 0) is 4.79 Å². The third kappa shape index (κ3) is 2.67. The van der Waals surface area contributed by atoms with Crippen LogP contribution in [0.3, 0.4) is 0 Å². The Morgan fingerprint density at radius 1 is 1.69 bits per heavy atom. The van der Waals surface area contributed by atoms with Crippen LogP contribution in [0, 0.1) is 0 Å². The van der Waals surface area contributed by atoms with E-state index < -0.39 is 5.91 Å². The Kier molecular flexibility index (Phi) is 3.21. The Labute approximate surface area is 82.9 Å². The second kappa shape index (κ2) is 4.20. The minimum Gasteiger partial charge on any atom is -0.365 e. The molecule has 13 heavy (non-hydrogen) atoms. The van der Waals surface area contributed by atoms with Crippen molar-refractivity contribution < 1.29 is 9.59 Å². The van der Waals surface area contributed by atoms with Crippen LogP contribution >= 0.6 is 22.9 Å². The zero-order chi connectivity index (χ0) is 9.84. The fourth-order valence-electron chi connectivity index (χ4n) is 0.598. The molecule has 0 unspecified atom stereocenters. The molecule has 0 spiro atoms. The zero-order valence-electron chi connectivity index (χ0n) is 6.41. The molecule has 1 heterocycles. The summed E-state index contributed by atoms with van der Waals surface area (Å²) in [6.07, 6.45) is 1.30. The van der Waals surface area contributed by atoms with Crippen molar-refractivity contribution in [1.29, 1.82) is 0 Å². The highest BCUT2D eigenvalue weighted by atomic mass is 35.5. The third-order valence-electron chi connectivity index (χ3n) is 1.12. The predicted octanol–water partition coefficient (Wildman–Crippen LogP) is 0.419. The van der Waals surface area contributed by atoms with Crippen LogP contribution in [0.25, 0.3) is 0 Å². The van der Waals surface area contributed by atoms with Crippen LogP contribution in [0.5, 0.6) is 0 Å². The standard InChI is InChI=1S/C6H6ClN3O2S/c7-1-4(11)10-6-9-2-3(13-6)5(8)12/h2H,1H2,(H2,8,12)(H,9,10,11). The number of anilines is 1. The number of hydrogen-bond donors (Lipinski definition) is 2. The molecule has 1 aromatic rings. The van der Waals surface area contributed by atoms with E-state index in [0.717, 1.165) is 11.3 Å². The molecule has 0 aromatic carbocycles. The predicted molar refractivity (Wildman–Crippen MR) is 50.0 cm³/mol. The summed E-state index contributed by atoms with van der Waals surface area (Å²) in [4.78, 5) is 25.4. The van der Waals surface area contributed by atoms with Crippen molar-refractivity contribution in [3.63, 3.8) is 0 Å². The lowest BCUT2D eigenvalue weighted by Gasteiger charge is -1.94. The maximum absolute atomic E-state index is 10.8. The number of alkyl halides is 1. The summed E-state index contributed by atoms with van der Waals surface area (Å²) in [6, 6.07) is 0. The number of aromatic nitrogens is 1. The summed E-state index contributed by atoms with van der Waals surface area (Å²) >= 11 is 6.25. The lowest BCUT2D eigenvalue weighted by Crippen LogP contribution is -2.12. The molecule has 2 amide bonds. The van der Waals surface area contributed by atoms with Gasteiger partial charge in [0, 0.05) is 0 Å². The first-order valence-corrected chi connectivity index (χ1v) is 4.60. The van der Waals surface area contributed by atoms with Gasteiger partial charge in [0.1, 0.15) is 10.8 Å². The van der Waals surface area contributed by atoms with Gasteiger partial charge in [0.25, 0.3) is 5.91 Å². The molecule has 0 bridgehead atoms. The first-order chi connectivity index (χ1) is 6.13. The van der Waals surface area contributed by atoms with Crippen LogP contribution in [-0.4, -0.2) is 22.7 Å². The molecule has 0 radical (unpaired) electrons. The number of thiazole rings is 1. The highest BCUT2D eigenvalue weighted by Crippen LogP contribution is 2.16. The third-order valence-corrected chi connectivity index (χ3v) is 2.29. The van der Waals surface area contributed by atoms with Crippen molar-refractivity contribution in [2.75, 3.05) is 11.2 Å². The largest absolute Gasteiger partial charge is 0.365 e. The molecule has 0 aliphatic carbocycles. The second-order valence-corrected chi connectivity index (χ2v) is 3.37. The lowest BCUT2D eigenvalue weighted by molar-refractivity contribution is -0.113. The number of amides is 2. The van der Waals surface area contributed by atoms with Crippen molar-refractivity contribution in [3.8, 4) is 0 Å². The lowest BCUT2D eigenvalue weighted by atomic mass is 10.5. The minimum absolute atomic E-state index is 0.147. The maximum atomic E-state index is 10.8. The van der Waals surface area contributed by atoms with E-state index in [9.17, 15) is 9.59 Å². The maximum Gasteiger partial charge on any atom is 0.260 e. The summed E-state index contributed by atoms with van der Waals surface area (Å²) in [5, 5.41) is 2.71. The molecule has 1 aromatic heterocycles. The molecular weight excluding hydrogens is 214 g/mol. The topological polar surface area (TPSA) is 85.1 Å². The Hall–Kier alpha value is -1.14. The quantitative estimate of drug-likeness (QED) is 0.723. The van der Waals surface area contributed by atoms with Crippen LogP contribution in [0.4, 0.5) is 5.13 Å². The molecule has 70 valence electrons. The van der Waals surface area contributed by atoms with E-state index >= 15 is 0 Å². The number of halogens is 1. The summed E-state index contributed by atoms with van der Waals surface area (Å²) in [7, 11) is 0. The van der Waals surface area contributed by atoms with Gasteiger partial charge in [-0.25, -0.2) is 4.98 Å². The van der Waals surface area contributed by atoms with Gasteiger partial charge in [0.15, 0.2) is 5.13 Å². The monoisotopic (exact) mass is 219 g/mol. The Morgan fingerprint density at radius 3 is 2.85 bits per heavy atom. The molecule has 0 saturated carbocycles. The first-order valence-electron chi connectivity index (χ1n) is 3.25. The van der Waals surface area contributed by atoms with Gasteiger partial charge in [0.2, 0.25) is 5.91 Å². The van der Waals surface area contributed by atoms with Crippen LogP contribution in [0.2, 0.25) is 0 Å².